The standard InChI is InChI=1S/C25H23F2N7O2/c1-14-4-5-16(24-30-22(36-32-24)10-15(2)23(26)27)11-19(14)29-25(35)20-12-28-21-7-6-17(13-34(20)21)18-8-9-33(3)31-18/h4-9,11-13,15,23H,10H2,1-3H3,(H,29,35)/t15-/m0/s1. The summed E-state index contributed by atoms with van der Waals surface area (Å²) in [6, 6.07) is 10.9. The lowest BCUT2D eigenvalue weighted by molar-refractivity contribution is 0.0820. The van der Waals surface area contributed by atoms with Crippen LogP contribution in [-0.4, -0.2) is 41.6 Å². The molecule has 0 fully saturated rings. The van der Waals surface area contributed by atoms with Crippen molar-refractivity contribution in [2.75, 3.05) is 5.32 Å². The predicted molar refractivity (Wildman–Crippen MR) is 129 cm³/mol. The van der Waals surface area contributed by atoms with E-state index in [0.717, 1.165) is 16.8 Å². The summed E-state index contributed by atoms with van der Waals surface area (Å²) in [6.45, 7) is 3.28. The second kappa shape index (κ2) is 9.33. The lowest BCUT2D eigenvalue weighted by atomic mass is 10.1. The monoisotopic (exact) mass is 491 g/mol. The number of carbonyl (C=O) groups excluding carboxylic acids is 1. The lowest BCUT2D eigenvalue weighted by Crippen LogP contribution is -2.15. The minimum atomic E-state index is -2.47. The summed E-state index contributed by atoms with van der Waals surface area (Å²) in [6.07, 6.45) is 2.70. The van der Waals surface area contributed by atoms with E-state index in [9.17, 15) is 13.6 Å². The molecule has 11 heteroatoms. The lowest BCUT2D eigenvalue weighted by Gasteiger charge is -2.10. The fourth-order valence-corrected chi connectivity index (χ4v) is 3.77. The second-order valence-electron chi connectivity index (χ2n) is 8.68. The van der Waals surface area contributed by atoms with Crippen LogP contribution in [0.5, 0.6) is 0 Å². The molecule has 1 atom stereocenters. The van der Waals surface area contributed by atoms with Crippen LogP contribution in [0.3, 0.4) is 0 Å². The number of aryl methyl sites for hydroxylation is 2. The number of carbonyl (C=O) groups is 1. The first-order valence-corrected chi connectivity index (χ1v) is 11.3. The summed E-state index contributed by atoms with van der Waals surface area (Å²) < 4.78 is 34.3. The van der Waals surface area contributed by atoms with E-state index in [2.05, 4.69) is 25.5 Å². The van der Waals surface area contributed by atoms with Crippen LogP contribution in [0.4, 0.5) is 14.5 Å². The largest absolute Gasteiger partial charge is 0.339 e. The molecule has 0 saturated heterocycles. The minimum absolute atomic E-state index is 0.0190. The normalized spacial score (nSPS) is 12.4. The number of pyridine rings is 1. The first-order chi connectivity index (χ1) is 17.3. The fraction of sp³-hybridized carbons (Fsp3) is 0.240. The molecular weight excluding hydrogens is 468 g/mol. The first kappa shape index (κ1) is 23.3. The molecule has 4 heterocycles. The molecule has 5 aromatic rings. The zero-order valence-electron chi connectivity index (χ0n) is 19.8. The number of fused-ring (bicyclic) bond motifs is 1. The number of halogens is 2. The fourth-order valence-electron chi connectivity index (χ4n) is 3.77. The van der Waals surface area contributed by atoms with Crippen molar-refractivity contribution in [3.63, 3.8) is 0 Å². The number of anilines is 1. The van der Waals surface area contributed by atoms with Crippen molar-refractivity contribution in [3.05, 3.63) is 72.1 Å². The third-order valence-corrected chi connectivity index (χ3v) is 5.89. The van der Waals surface area contributed by atoms with E-state index in [1.807, 2.05) is 50.6 Å². The molecular formula is C25H23F2N7O2. The van der Waals surface area contributed by atoms with Gasteiger partial charge in [0.15, 0.2) is 0 Å². The van der Waals surface area contributed by atoms with Gasteiger partial charge in [0.1, 0.15) is 11.3 Å². The summed E-state index contributed by atoms with van der Waals surface area (Å²) in [5.41, 5.74) is 4.59. The van der Waals surface area contributed by atoms with Crippen molar-refractivity contribution in [2.24, 2.45) is 13.0 Å². The quantitative estimate of drug-likeness (QED) is 0.351. The van der Waals surface area contributed by atoms with Gasteiger partial charge in [0.05, 0.1) is 11.9 Å². The van der Waals surface area contributed by atoms with Gasteiger partial charge in [-0.15, -0.1) is 0 Å². The number of hydrogen-bond donors (Lipinski definition) is 1. The van der Waals surface area contributed by atoms with Gasteiger partial charge in [-0.2, -0.15) is 10.1 Å². The summed E-state index contributed by atoms with van der Waals surface area (Å²) in [4.78, 5) is 21.8. The SMILES string of the molecule is Cc1ccc(-c2noc(C[C@H](C)C(F)F)n2)cc1NC(=O)c1cnc2ccc(-c3ccn(C)n3)cn12. The van der Waals surface area contributed by atoms with E-state index in [1.54, 1.807) is 21.2 Å². The molecule has 0 aliphatic heterocycles. The molecule has 5 rings (SSSR count). The highest BCUT2D eigenvalue weighted by atomic mass is 19.3. The van der Waals surface area contributed by atoms with Crippen LogP contribution in [0.25, 0.3) is 28.3 Å². The highest BCUT2D eigenvalue weighted by Gasteiger charge is 2.20. The maximum Gasteiger partial charge on any atom is 0.274 e. The Morgan fingerprint density at radius 1 is 1.17 bits per heavy atom. The predicted octanol–water partition coefficient (Wildman–Crippen LogP) is 4.79. The van der Waals surface area contributed by atoms with Crippen LogP contribution < -0.4 is 5.32 Å². The van der Waals surface area contributed by atoms with Crippen LogP contribution >= 0.6 is 0 Å². The molecule has 0 bridgehead atoms. The maximum absolute atomic E-state index is 13.2. The Bertz CT molecular complexity index is 1550. The molecule has 0 aliphatic rings. The van der Waals surface area contributed by atoms with Gasteiger partial charge in [0.2, 0.25) is 18.1 Å². The molecule has 9 nitrogen and oxygen atoms in total. The number of amides is 1. The van der Waals surface area contributed by atoms with Gasteiger partial charge >= 0.3 is 0 Å². The molecule has 1 N–H and O–H groups in total. The van der Waals surface area contributed by atoms with Crippen LogP contribution in [0, 0.1) is 12.8 Å². The van der Waals surface area contributed by atoms with Gasteiger partial charge < -0.3 is 9.84 Å². The third-order valence-electron chi connectivity index (χ3n) is 5.89. The smallest absolute Gasteiger partial charge is 0.274 e. The molecule has 4 aromatic heterocycles. The Kier molecular flexibility index (Phi) is 6.05. The van der Waals surface area contributed by atoms with E-state index in [1.165, 1.54) is 13.1 Å². The number of nitrogens with zero attached hydrogens (tertiary/aromatic N) is 6. The second-order valence-corrected chi connectivity index (χ2v) is 8.68. The molecule has 0 radical (unpaired) electrons. The van der Waals surface area contributed by atoms with Crippen molar-refractivity contribution >= 4 is 17.2 Å². The minimum Gasteiger partial charge on any atom is -0.339 e. The molecule has 1 aromatic carbocycles. The average Bonchev–Trinajstić information content (AvgIpc) is 3.59. The highest BCUT2D eigenvalue weighted by molar-refractivity contribution is 6.04. The Morgan fingerprint density at radius 2 is 1.97 bits per heavy atom. The van der Waals surface area contributed by atoms with Crippen molar-refractivity contribution in [3.8, 4) is 22.6 Å². The van der Waals surface area contributed by atoms with Crippen LogP contribution in [0.1, 0.15) is 28.9 Å². The van der Waals surface area contributed by atoms with E-state index < -0.39 is 12.3 Å². The number of rotatable bonds is 7. The molecule has 0 saturated carbocycles. The van der Waals surface area contributed by atoms with Crippen LogP contribution in [0.15, 0.2) is 59.5 Å². The molecule has 0 unspecified atom stereocenters. The number of benzene rings is 1. The van der Waals surface area contributed by atoms with E-state index in [4.69, 9.17) is 4.52 Å². The summed E-state index contributed by atoms with van der Waals surface area (Å²) >= 11 is 0. The van der Waals surface area contributed by atoms with E-state index in [0.29, 0.717) is 22.6 Å². The van der Waals surface area contributed by atoms with Crippen LogP contribution in [0.2, 0.25) is 0 Å². The number of alkyl halides is 2. The Hall–Kier alpha value is -4.41. The summed E-state index contributed by atoms with van der Waals surface area (Å²) in [7, 11) is 1.84. The van der Waals surface area contributed by atoms with E-state index >= 15 is 0 Å². The highest BCUT2D eigenvalue weighted by Crippen LogP contribution is 2.26. The average molecular weight is 492 g/mol. The Labute approximate surface area is 204 Å². The summed E-state index contributed by atoms with van der Waals surface area (Å²) in [5, 5.41) is 11.3. The van der Waals surface area contributed by atoms with Crippen LogP contribution in [-0.2, 0) is 13.5 Å². The van der Waals surface area contributed by atoms with Gasteiger partial charge in [-0.3, -0.25) is 13.9 Å². The molecule has 1 amide bonds. The zero-order chi connectivity index (χ0) is 25.4. The Morgan fingerprint density at radius 3 is 2.72 bits per heavy atom. The number of aromatic nitrogens is 6. The summed E-state index contributed by atoms with van der Waals surface area (Å²) in [5.74, 6) is -0.842. The number of imidazole rings is 1. The van der Waals surface area contributed by atoms with Crippen molar-refractivity contribution in [2.45, 2.75) is 26.7 Å². The van der Waals surface area contributed by atoms with Gasteiger partial charge in [-0.05, 0) is 36.8 Å². The van der Waals surface area contributed by atoms with Gasteiger partial charge in [-0.25, -0.2) is 13.8 Å². The Balaban J connectivity index is 1.40. The maximum atomic E-state index is 13.2. The van der Waals surface area contributed by atoms with E-state index in [-0.39, 0.29) is 24.0 Å². The molecule has 36 heavy (non-hydrogen) atoms. The zero-order valence-corrected chi connectivity index (χ0v) is 19.8. The first-order valence-electron chi connectivity index (χ1n) is 11.3. The van der Waals surface area contributed by atoms with Crippen molar-refractivity contribution < 1.29 is 18.1 Å². The third kappa shape index (κ3) is 4.59. The van der Waals surface area contributed by atoms with Crippen molar-refractivity contribution in [1.82, 2.24) is 29.3 Å². The van der Waals surface area contributed by atoms with Crippen molar-refractivity contribution in [1.29, 1.82) is 0 Å². The number of hydrogen-bond acceptors (Lipinski definition) is 6. The van der Waals surface area contributed by atoms with Gasteiger partial charge in [-0.1, -0.05) is 24.2 Å². The number of nitrogens with one attached hydrogen (secondary N) is 1. The molecule has 0 aliphatic carbocycles. The topological polar surface area (TPSA) is 103 Å². The van der Waals surface area contributed by atoms with Gasteiger partial charge in [0.25, 0.3) is 5.91 Å². The molecule has 184 valence electrons. The molecule has 0 spiro atoms. The van der Waals surface area contributed by atoms with Gasteiger partial charge in [0, 0.05) is 48.6 Å².